The van der Waals surface area contributed by atoms with Crippen LogP contribution in [-0.2, 0) is 16.6 Å². The number of nitrogens with zero attached hydrogens (tertiary/aromatic N) is 2. The van der Waals surface area contributed by atoms with Crippen LogP contribution in [0.4, 0.5) is 0 Å². The van der Waals surface area contributed by atoms with Gasteiger partial charge in [-0.2, -0.15) is 4.31 Å². The van der Waals surface area contributed by atoms with Crippen LogP contribution >= 0.6 is 27.3 Å². The molecule has 0 aliphatic heterocycles. The molecule has 2 aromatic heterocycles. The molecule has 0 radical (unpaired) electrons. The third kappa shape index (κ3) is 2.66. The van der Waals surface area contributed by atoms with Crippen LogP contribution in [0.15, 0.2) is 31.1 Å². The summed E-state index contributed by atoms with van der Waals surface area (Å²) in [4.78, 5) is 4.05. The van der Waals surface area contributed by atoms with Crippen molar-refractivity contribution < 1.29 is 12.8 Å². The van der Waals surface area contributed by atoms with E-state index >= 15 is 0 Å². The van der Waals surface area contributed by atoms with Crippen LogP contribution in [0.2, 0.25) is 0 Å². The van der Waals surface area contributed by atoms with Gasteiger partial charge in [-0.1, -0.05) is 11.3 Å². The number of thiazole rings is 1. The second-order valence-electron chi connectivity index (χ2n) is 3.73. The first kappa shape index (κ1) is 13.7. The Hall–Kier alpha value is -0.700. The van der Waals surface area contributed by atoms with Crippen molar-refractivity contribution in [2.24, 2.45) is 0 Å². The summed E-state index contributed by atoms with van der Waals surface area (Å²) in [5.74, 6) is 0. The van der Waals surface area contributed by atoms with E-state index in [-0.39, 0.29) is 10.9 Å². The number of furan rings is 1. The first-order chi connectivity index (χ1) is 8.41. The van der Waals surface area contributed by atoms with Crippen molar-refractivity contribution >= 4 is 37.3 Å². The number of aromatic nitrogens is 1. The highest BCUT2D eigenvalue weighted by atomic mass is 79.9. The summed E-state index contributed by atoms with van der Waals surface area (Å²) in [6, 6.07) is 1.73. The van der Waals surface area contributed by atoms with Gasteiger partial charge in [-0.25, -0.2) is 13.4 Å². The molecule has 18 heavy (non-hydrogen) atoms. The molecular formula is C10H11BrN2O3S2. The number of aryl methyl sites for hydroxylation is 1. The lowest BCUT2D eigenvalue weighted by Crippen LogP contribution is -2.26. The Balaban J connectivity index is 2.25. The van der Waals surface area contributed by atoms with Gasteiger partial charge in [0.15, 0.2) is 0 Å². The van der Waals surface area contributed by atoms with E-state index in [9.17, 15) is 8.42 Å². The van der Waals surface area contributed by atoms with Crippen LogP contribution in [0.1, 0.15) is 11.3 Å². The minimum atomic E-state index is -3.55. The normalized spacial score (nSPS) is 12.2. The maximum absolute atomic E-state index is 12.2. The standard InChI is InChI=1S/C10H11BrN2O3S2/c1-7-9(11)17-10(12-7)18(14,15)13(2)5-8-3-4-16-6-8/h3-4,6H,5H2,1-2H3. The van der Waals surface area contributed by atoms with Crippen LogP contribution in [0.25, 0.3) is 0 Å². The summed E-state index contributed by atoms with van der Waals surface area (Å²) >= 11 is 4.39. The SMILES string of the molecule is Cc1nc(S(=O)(=O)N(C)Cc2ccoc2)sc1Br. The van der Waals surface area contributed by atoms with Crippen molar-refractivity contribution in [3.8, 4) is 0 Å². The van der Waals surface area contributed by atoms with Crippen molar-refractivity contribution in [2.75, 3.05) is 7.05 Å². The highest BCUT2D eigenvalue weighted by Crippen LogP contribution is 2.29. The quantitative estimate of drug-likeness (QED) is 0.850. The third-order valence-electron chi connectivity index (χ3n) is 2.34. The summed E-state index contributed by atoms with van der Waals surface area (Å²) in [5, 5.41) is 0. The Morgan fingerprint density at radius 1 is 1.56 bits per heavy atom. The van der Waals surface area contributed by atoms with Gasteiger partial charge in [-0.05, 0) is 28.9 Å². The fourth-order valence-corrected chi connectivity index (χ4v) is 4.61. The summed E-state index contributed by atoms with van der Waals surface area (Å²) in [7, 11) is -2.03. The predicted octanol–water partition coefficient (Wildman–Crippen LogP) is 2.63. The molecule has 2 aromatic rings. The molecule has 0 spiro atoms. The topological polar surface area (TPSA) is 63.4 Å². The van der Waals surface area contributed by atoms with Gasteiger partial charge in [0.2, 0.25) is 4.34 Å². The first-order valence-corrected chi connectivity index (χ1v) is 8.06. The predicted molar refractivity (Wildman–Crippen MR) is 71.9 cm³/mol. The van der Waals surface area contributed by atoms with Crippen LogP contribution in [0, 0.1) is 6.92 Å². The number of halogens is 1. The van der Waals surface area contributed by atoms with E-state index in [0.717, 1.165) is 20.7 Å². The van der Waals surface area contributed by atoms with Crippen LogP contribution in [0.5, 0.6) is 0 Å². The average molecular weight is 351 g/mol. The molecule has 0 atom stereocenters. The summed E-state index contributed by atoms with van der Waals surface area (Å²) in [5.41, 5.74) is 1.48. The van der Waals surface area contributed by atoms with E-state index in [1.54, 1.807) is 13.0 Å². The Morgan fingerprint density at radius 2 is 2.28 bits per heavy atom. The third-order valence-corrected chi connectivity index (χ3v) is 6.50. The van der Waals surface area contributed by atoms with Gasteiger partial charge in [0, 0.05) is 19.2 Å². The second kappa shape index (κ2) is 5.12. The first-order valence-electron chi connectivity index (χ1n) is 5.01. The summed E-state index contributed by atoms with van der Waals surface area (Å²) in [6.07, 6.45) is 3.04. The van der Waals surface area contributed by atoms with Gasteiger partial charge in [0.05, 0.1) is 22.0 Å². The maximum Gasteiger partial charge on any atom is 0.270 e. The molecule has 8 heteroatoms. The highest BCUT2D eigenvalue weighted by molar-refractivity contribution is 9.11. The molecule has 2 rings (SSSR count). The van der Waals surface area contributed by atoms with Gasteiger partial charge < -0.3 is 4.42 Å². The molecular weight excluding hydrogens is 340 g/mol. The molecule has 0 aromatic carbocycles. The number of sulfonamides is 1. The number of hydrogen-bond donors (Lipinski definition) is 0. The molecule has 0 aliphatic carbocycles. The molecule has 0 aliphatic rings. The maximum atomic E-state index is 12.2. The lowest BCUT2D eigenvalue weighted by atomic mass is 10.3. The minimum absolute atomic E-state index is 0.0952. The van der Waals surface area contributed by atoms with Gasteiger partial charge in [0.1, 0.15) is 0 Å². The lowest BCUT2D eigenvalue weighted by molar-refractivity contribution is 0.462. The van der Waals surface area contributed by atoms with Crippen LogP contribution < -0.4 is 0 Å². The monoisotopic (exact) mass is 350 g/mol. The zero-order valence-electron chi connectivity index (χ0n) is 9.75. The fourth-order valence-electron chi connectivity index (χ4n) is 1.32. The van der Waals surface area contributed by atoms with Gasteiger partial charge >= 0.3 is 0 Å². The molecule has 0 unspecified atom stereocenters. The lowest BCUT2D eigenvalue weighted by Gasteiger charge is -2.13. The Bertz CT molecular complexity index is 615. The summed E-state index contributed by atoms with van der Waals surface area (Å²) < 4.78 is 31.5. The molecule has 0 N–H and O–H groups in total. The van der Waals surface area contributed by atoms with E-state index in [0.29, 0.717) is 5.69 Å². The van der Waals surface area contributed by atoms with Crippen LogP contribution in [-0.4, -0.2) is 24.8 Å². The van der Waals surface area contributed by atoms with Gasteiger partial charge in [-0.15, -0.1) is 0 Å². The Morgan fingerprint density at radius 3 is 2.78 bits per heavy atom. The van der Waals surface area contributed by atoms with Gasteiger partial charge in [-0.3, -0.25) is 0 Å². The van der Waals surface area contributed by atoms with Crippen molar-refractivity contribution in [1.82, 2.24) is 9.29 Å². The van der Waals surface area contributed by atoms with E-state index in [2.05, 4.69) is 20.9 Å². The Labute approximate surface area is 118 Å². The van der Waals surface area contributed by atoms with Crippen molar-refractivity contribution in [3.05, 3.63) is 33.6 Å². The van der Waals surface area contributed by atoms with E-state index in [4.69, 9.17) is 4.42 Å². The average Bonchev–Trinajstić information content (AvgIpc) is 2.90. The molecule has 0 bridgehead atoms. The molecule has 0 saturated heterocycles. The molecule has 2 heterocycles. The minimum Gasteiger partial charge on any atom is -0.472 e. The van der Waals surface area contributed by atoms with Crippen LogP contribution in [0.3, 0.4) is 0 Å². The molecule has 5 nitrogen and oxygen atoms in total. The molecule has 0 amide bonds. The van der Waals surface area contributed by atoms with E-state index in [1.807, 2.05) is 0 Å². The molecule has 0 saturated carbocycles. The van der Waals surface area contributed by atoms with Crippen molar-refractivity contribution in [2.45, 2.75) is 17.8 Å². The number of rotatable bonds is 4. The molecule has 98 valence electrons. The largest absolute Gasteiger partial charge is 0.472 e. The second-order valence-corrected chi connectivity index (χ2v) is 8.27. The van der Waals surface area contributed by atoms with Crippen molar-refractivity contribution in [3.63, 3.8) is 0 Å². The zero-order valence-corrected chi connectivity index (χ0v) is 13.0. The van der Waals surface area contributed by atoms with E-state index in [1.165, 1.54) is 23.9 Å². The zero-order chi connectivity index (χ0) is 13.3. The van der Waals surface area contributed by atoms with Crippen molar-refractivity contribution in [1.29, 1.82) is 0 Å². The smallest absolute Gasteiger partial charge is 0.270 e. The number of hydrogen-bond acceptors (Lipinski definition) is 5. The Kier molecular flexibility index (Phi) is 3.90. The van der Waals surface area contributed by atoms with Gasteiger partial charge in [0.25, 0.3) is 10.0 Å². The highest BCUT2D eigenvalue weighted by Gasteiger charge is 2.25. The van der Waals surface area contributed by atoms with E-state index < -0.39 is 10.0 Å². The molecule has 0 fully saturated rings. The summed E-state index contributed by atoms with van der Waals surface area (Å²) in [6.45, 7) is 2.02. The fraction of sp³-hybridized carbons (Fsp3) is 0.300.